The average Bonchev–Trinajstić information content (AvgIpc) is 2.33. The Morgan fingerprint density at radius 1 is 1.39 bits per heavy atom. The Balaban J connectivity index is 0.00000289. The van der Waals surface area contributed by atoms with Crippen LogP contribution in [0.1, 0.15) is 33.6 Å². The third-order valence-corrected chi connectivity index (χ3v) is 3.83. The molecule has 0 radical (unpaired) electrons. The largest absolute Gasteiger partial charge is 0.342 e. The maximum Gasteiger partial charge on any atom is 0.236 e. The lowest BCUT2D eigenvalue weighted by molar-refractivity contribution is -0.133. The van der Waals surface area contributed by atoms with Crippen LogP contribution in [0.4, 0.5) is 0 Å². The van der Waals surface area contributed by atoms with Crippen LogP contribution in [0.2, 0.25) is 0 Å². The maximum atomic E-state index is 12.1. The van der Waals surface area contributed by atoms with Crippen LogP contribution >= 0.6 is 12.4 Å². The summed E-state index contributed by atoms with van der Waals surface area (Å²) in [4.78, 5) is 16.2. The zero-order chi connectivity index (χ0) is 12.8. The summed E-state index contributed by atoms with van der Waals surface area (Å²) < 4.78 is 0. The van der Waals surface area contributed by atoms with E-state index in [1.807, 2.05) is 18.7 Å². The van der Waals surface area contributed by atoms with Crippen molar-refractivity contribution < 1.29 is 4.79 Å². The van der Waals surface area contributed by atoms with Gasteiger partial charge in [-0.15, -0.1) is 12.4 Å². The number of nitrogens with zero attached hydrogens (tertiary/aromatic N) is 2. The zero-order valence-corrected chi connectivity index (χ0v) is 12.7. The SMILES string of the molecule is CCN(CC)C(=O)CN1CCC(C)CC1CN.Cl. The number of halogens is 1. The van der Waals surface area contributed by atoms with Crippen molar-refractivity contribution in [3.63, 3.8) is 0 Å². The molecule has 18 heavy (non-hydrogen) atoms. The molecule has 2 N–H and O–H groups in total. The fourth-order valence-corrected chi connectivity index (χ4v) is 2.60. The fraction of sp³-hybridized carbons (Fsp3) is 0.923. The first kappa shape index (κ1) is 17.7. The van der Waals surface area contributed by atoms with Gasteiger partial charge in [-0.3, -0.25) is 9.69 Å². The summed E-state index contributed by atoms with van der Waals surface area (Å²) in [5, 5.41) is 0. The quantitative estimate of drug-likeness (QED) is 0.825. The highest BCUT2D eigenvalue weighted by Crippen LogP contribution is 2.21. The van der Waals surface area contributed by atoms with E-state index in [2.05, 4.69) is 11.8 Å². The number of likely N-dealkylation sites (tertiary alicyclic amines) is 1. The number of hydrogen-bond donors (Lipinski definition) is 1. The minimum Gasteiger partial charge on any atom is -0.342 e. The van der Waals surface area contributed by atoms with E-state index >= 15 is 0 Å². The highest BCUT2D eigenvalue weighted by Gasteiger charge is 2.27. The lowest BCUT2D eigenvalue weighted by Gasteiger charge is -2.38. The minimum atomic E-state index is 0. The Labute approximate surface area is 117 Å². The molecule has 1 aliphatic heterocycles. The number of hydrogen-bond acceptors (Lipinski definition) is 3. The van der Waals surface area contributed by atoms with Crippen LogP contribution in [0.3, 0.4) is 0 Å². The van der Waals surface area contributed by atoms with Crippen molar-refractivity contribution in [3.8, 4) is 0 Å². The van der Waals surface area contributed by atoms with Crippen molar-refractivity contribution in [2.24, 2.45) is 11.7 Å². The van der Waals surface area contributed by atoms with Crippen molar-refractivity contribution in [3.05, 3.63) is 0 Å². The molecule has 4 nitrogen and oxygen atoms in total. The number of piperidine rings is 1. The number of carbonyl (C=O) groups excluding carboxylic acids is 1. The van der Waals surface area contributed by atoms with Crippen molar-refractivity contribution in [2.75, 3.05) is 32.7 Å². The molecule has 0 aliphatic carbocycles. The van der Waals surface area contributed by atoms with Crippen LogP contribution in [-0.4, -0.2) is 54.5 Å². The Hall–Kier alpha value is -0.320. The van der Waals surface area contributed by atoms with Gasteiger partial charge >= 0.3 is 0 Å². The second-order valence-electron chi connectivity index (χ2n) is 5.06. The summed E-state index contributed by atoms with van der Waals surface area (Å²) in [6, 6.07) is 0.387. The lowest BCUT2D eigenvalue weighted by Crippen LogP contribution is -2.50. The predicted molar refractivity (Wildman–Crippen MR) is 78.0 cm³/mol. The van der Waals surface area contributed by atoms with Crippen molar-refractivity contribution in [1.82, 2.24) is 9.80 Å². The van der Waals surface area contributed by atoms with E-state index in [0.29, 0.717) is 19.1 Å². The molecule has 0 bridgehead atoms. The molecular formula is C13H28ClN3O. The van der Waals surface area contributed by atoms with Gasteiger partial charge in [-0.1, -0.05) is 6.92 Å². The molecule has 1 fully saturated rings. The first-order valence-electron chi connectivity index (χ1n) is 6.84. The summed E-state index contributed by atoms with van der Waals surface area (Å²) >= 11 is 0. The third kappa shape index (κ3) is 4.75. The minimum absolute atomic E-state index is 0. The van der Waals surface area contributed by atoms with Gasteiger partial charge in [-0.25, -0.2) is 0 Å². The number of carbonyl (C=O) groups is 1. The molecule has 1 rings (SSSR count). The van der Waals surface area contributed by atoms with Crippen molar-refractivity contribution in [2.45, 2.75) is 39.7 Å². The summed E-state index contributed by atoms with van der Waals surface area (Å²) in [7, 11) is 0. The zero-order valence-electron chi connectivity index (χ0n) is 11.9. The second-order valence-corrected chi connectivity index (χ2v) is 5.06. The number of amides is 1. The molecule has 0 aromatic heterocycles. The van der Waals surface area contributed by atoms with Gasteiger partial charge in [0.15, 0.2) is 0 Å². The normalized spacial score (nSPS) is 24.4. The predicted octanol–water partition coefficient (Wildman–Crippen LogP) is 1.34. The van der Waals surface area contributed by atoms with Gasteiger partial charge in [0, 0.05) is 25.7 Å². The summed E-state index contributed by atoms with van der Waals surface area (Å²) in [5.41, 5.74) is 5.81. The first-order valence-corrected chi connectivity index (χ1v) is 6.84. The second kappa shape index (κ2) is 8.73. The van der Waals surface area contributed by atoms with Crippen LogP contribution < -0.4 is 5.73 Å². The van der Waals surface area contributed by atoms with Crippen LogP contribution in [0, 0.1) is 5.92 Å². The summed E-state index contributed by atoms with van der Waals surface area (Å²) in [6.07, 6.45) is 2.31. The van der Waals surface area contributed by atoms with E-state index in [1.54, 1.807) is 0 Å². The summed E-state index contributed by atoms with van der Waals surface area (Å²) in [6.45, 7) is 10.1. The van der Waals surface area contributed by atoms with E-state index in [1.165, 1.54) is 6.42 Å². The van der Waals surface area contributed by atoms with E-state index in [-0.39, 0.29) is 18.3 Å². The van der Waals surface area contributed by atoms with Gasteiger partial charge < -0.3 is 10.6 Å². The van der Waals surface area contributed by atoms with Crippen molar-refractivity contribution >= 4 is 18.3 Å². The molecule has 0 aromatic carbocycles. The number of rotatable bonds is 5. The topological polar surface area (TPSA) is 49.6 Å². The Morgan fingerprint density at radius 2 is 2.00 bits per heavy atom. The molecule has 1 amide bonds. The Kier molecular flexibility index (Phi) is 8.57. The Bertz CT molecular complexity index is 246. The maximum absolute atomic E-state index is 12.1. The average molecular weight is 278 g/mol. The monoisotopic (exact) mass is 277 g/mol. The molecule has 1 heterocycles. The van der Waals surface area contributed by atoms with E-state index in [9.17, 15) is 4.79 Å². The van der Waals surface area contributed by atoms with Gasteiger partial charge in [0.05, 0.1) is 6.54 Å². The van der Waals surface area contributed by atoms with E-state index < -0.39 is 0 Å². The molecule has 0 spiro atoms. The van der Waals surface area contributed by atoms with Crippen LogP contribution in [0.25, 0.3) is 0 Å². The van der Waals surface area contributed by atoms with E-state index in [4.69, 9.17) is 5.73 Å². The molecule has 0 aromatic rings. The number of nitrogens with two attached hydrogens (primary N) is 1. The standard InChI is InChI=1S/C13H27N3O.ClH/c1-4-15(5-2)13(17)10-16-7-6-11(3)8-12(16)9-14;/h11-12H,4-10,14H2,1-3H3;1H. The van der Waals surface area contributed by atoms with Crippen LogP contribution in [0.15, 0.2) is 0 Å². The molecule has 0 saturated carbocycles. The molecule has 2 unspecified atom stereocenters. The van der Waals surface area contributed by atoms with Gasteiger partial charge in [-0.05, 0) is 39.2 Å². The molecule has 1 saturated heterocycles. The highest BCUT2D eigenvalue weighted by molar-refractivity contribution is 5.85. The number of likely N-dealkylation sites (N-methyl/N-ethyl adjacent to an activating group) is 1. The molecule has 108 valence electrons. The molecular weight excluding hydrogens is 250 g/mol. The van der Waals surface area contributed by atoms with Gasteiger partial charge in [0.25, 0.3) is 0 Å². The smallest absolute Gasteiger partial charge is 0.236 e. The van der Waals surface area contributed by atoms with E-state index in [0.717, 1.165) is 32.0 Å². The summed E-state index contributed by atoms with van der Waals surface area (Å²) in [5.74, 6) is 0.978. The molecule has 2 atom stereocenters. The van der Waals surface area contributed by atoms with Gasteiger partial charge in [0.2, 0.25) is 5.91 Å². The van der Waals surface area contributed by atoms with Gasteiger partial charge in [0.1, 0.15) is 0 Å². The van der Waals surface area contributed by atoms with Crippen LogP contribution in [0.5, 0.6) is 0 Å². The lowest BCUT2D eigenvalue weighted by atomic mass is 9.92. The van der Waals surface area contributed by atoms with Gasteiger partial charge in [-0.2, -0.15) is 0 Å². The van der Waals surface area contributed by atoms with Crippen molar-refractivity contribution in [1.29, 1.82) is 0 Å². The first-order chi connectivity index (χ1) is 8.12. The molecule has 5 heteroatoms. The Morgan fingerprint density at radius 3 is 2.50 bits per heavy atom. The molecule has 1 aliphatic rings. The van der Waals surface area contributed by atoms with Crippen LogP contribution in [-0.2, 0) is 4.79 Å². The fourth-order valence-electron chi connectivity index (χ4n) is 2.60. The third-order valence-electron chi connectivity index (χ3n) is 3.83. The highest BCUT2D eigenvalue weighted by atomic mass is 35.5.